The summed E-state index contributed by atoms with van der Waals surface area (Å²) in [7, 11) is 0. The first-order valence-corrected chi connectivity index (χ1v) is 4.99. The molecule has 0 aromatic heterocycles. The van der Waals surface area contributed by atoms with Crippen LogP contribution in [0.1, 0.15) is 6.92 Å². The third kappa shape index (κ3) is 1.69. The van der Waals surface area contributed by atoms with Gasteiger partial charge in [-0.3, -0.25) is 4.79 Å². The van der Waals surface area contributed by atoms with Crippen molar-refractivity contribution in [3.63, 3.8) is 0 Å². The lowest BCUT2D eigenvalue weighted by molar-refractivity contribution is -0.219. The van der Waals surface area contributed by atoms with Crippen LogP contribution in [0.15, 0.2) is 0 Å². The van der Waals surface area contributed by atoms with Crippen molar-refractivity contribution in [2.45, 2.75) is 37.1 Å². The normalized spacial score (nSPS) is 46.8. The minimum absolute atomic E-state index is 0.123. The van der Waals surface area contributed by atoms with Crippen LogP contribution in [-0.2, 0) is 14.3 Å². The molecule has 6 nitrogen and oxygen atoms in total. The maximum Gasteiger partial charge on any atom is 0.251 e. The molecule has 1 amide bonds. The summed E-state index contributed by atoms with van der Waals surface area (Å²) >= 11 is 0. The van der Waals surface area contributed by atoms with Gasteiger partial charge in [0, 0.05) is 0 Å². The molecule has 0 aromatic rings. The van der Waals surface area contributed by atoms with Crippen LogP contribution in [-0.4, -0.2) is 59.5 Å². The van der Waals surface area contributed by atoms with Gasteiger partial charge in [0.05, 0.1) is 6.61 Å². The molecule has 0 radical (unpaired) electrons. The molecule has 2 fully saturated rings. The molecule has 2 bridgehead atoms. The molecule has 0 unspecified atom stereocenters. The van der Waals surface area contributed by atoms with Crippen LogP contribution in [0.4, 0.5) is 4.39 Å². The number of halogens is 1. The third-order valence-corrected chi connectivity index (χ3v) is 2.98. The van der Waals surface area contributed by atoms with Gasteiger partial charge in [0.2, 0.25) is 0 Å². The van der Waals surface area contributed by atoms with Crippen LogP contribution in [0, 0.1) is 0 Å². The van der Waals surface area contributed by atoms with E-state index < -0.39 is 42.7 Å². The number of fused-ring (bicyclic) bond motifs is 2. The molecule has 2 rings (SSSR count). The van der Waals surface area contributed by atoms with E-state index in [9.17, 15) is 19.4 Å². The molecule has 2 aliphatic rings. The highest BCUT2D eigenvalue weighted by Gasteiger charge is 2.56. The summed E-state index contributed by atoms with van der Waals surface area (Å²) in [4.78, 5) is 10.9. The smallest absolute Gasteiger partial charge is 0.251 e. The first-order chi connectivity index (χ1) is 7.48. The fourth-order valence-electron chi connectivity index (χ4n) is 2.01. The van der Waals surface area contributed by atoms with Crippen LogP contribution in [0.5, 0.6) is 0 Å². The van der Waals surface area contributed by atoms with Crippen LogP contribution in [0.25, 0.3) is 0 Å². The lowest BCUT2D eigenvalue weighted by Gasteiger charge is -2.40. The molecule has 2 heterocycles. The molecule has 5 atom stereocenters. The summed E-state index contributed by atoms with van der Waals surface area (Å²) in [6.45, 7) is 0.537. The first-order valence-electron chi connectivity index (χ1n) is 4.99. The van der Waals surface area contributed by atoms with E-state index in [2.05, 4.69) is 5.32 Å². The van der Waals surface area contributed by atoms with Crippen LogP contribution in [0.3, 0.4) is 0 Å². The molecule has 0 aliphatic carbocycles. The van der Waals surface area contributed by atoms with Gasteiger partial charge in [-0.05, 0) is 6.92 Å². The zero-order valence-corrected chi connectivity index (χ0v) is 8.72. The van der Waals surface area contributed by atoms with Gasteiger partial charge in [-0.2, -0.15) is 0 Å². The topological polar surface area (TPSA) is 88.0 Å². The number of aliphatic hydroxyl groups excluding tert-OH is 2. The Morgan fingerprint density at radius 1 is 1.62 bits per heavy atom. The van der Waals surface area contributed by atoms with E-state index in [1.54, 1.807) is 6.92 Å². The number of aliphatic hydroxyl groups is 2. The third-order valence-electron chi connectivity index (χ3n) is 2.98. The molecule has 16 heavy (non-hydrogen) atoms. The molecule has 92 valence electrons. The van der Waals surface area contributed by atoms with E-state index in [1.807, 2.05) is 0 Å². The second-order valence-corrected chi connectivity index (χ2v) is 4.27. The Kier molecular flexibility index (Phi) is 2.87. The Balaban J connectivity index is 2.12. The van der Waals surface area contributed by atoms with E-state index in [0.29, 0.717) is 0 Å². The molecule has 0 saturated carbocycles. The van der Waals surface area contributed by atoms with Gasteiger partial charge in [-0.15, -0.1) is 0 Å². The Morgan fingerprint density at radius 3 is 2.94 bits per heavy atom. The monoisotopic (exact) mass is 235 g/mol. The predicted octanol–water partition coefficient (Wildman–Crippen LogP) is -1.69. The van der Waals surface area contributed by atoms with Gasteiger partial charge in [-0.25, -0.2) is 4.39 Å². The van der Waals surface area contributed by atoms with Crippen LogP contribution < -0.4 is 5.32 Å². The van der Waals surface area contributed by atoms with Crippen molar-refractivity contribution in [2.75, 3.05) is 13.3 Å². The van der Waals surface area contributed by atoms with Crippen molar-refractivity contribution in [1.82, 2.24) is 5.32 Å². The molecule has 2 aliphatic heterocycles. The number of hydrogen-bond acceptors (Lipinski definition) is 5. The molecule has 0 aromatic carbocycles. The number of hydrogen-bond donors (Lipinski definition) is 3. The molecular formula is C9H14FNO5. The largest absolute Gasteiger partial charge is 0.388 e. The molecule has 7 heteroatoms. The van der Waals surface area contributed by atoms with Gasteiger partial charge in [0.25, 0.3) is 5.91 Å². The number of nitrogens with one attached hydrogen (secondary N) is 1. The van der Waals surface area contributed by atoms with Gasteiger partial charge < -0.3 is 25.0 Å². The summed E-state index contributed by atoms with van der Waals surface area (Å²) in [5.74, 6) is -0.876. The Hall–Kier alpha value is -0.760. The van der Waals surface area contributed by atoms with E-state index >= 15 is 0 Å². The summed E-state index contributed by atoms with van der Waals surface area (Å²) in [5.41, 5.74) is -0.971. The predicted molar refractivity (Wildman–Crippen MR) is 49.1 cm³/mol. The summed E-state index contributed by atoms with van der Waals surface area (Å²) in [6, 6.07) is -0.950. The van der Waals surface area contributed by atoms with E-state index in [4.69, 9.17) is 9.47 Å². The fourth-order valence-corrected chi connectivity index (χ4v) is 2.01. The zero-order valence-electron chi connectivity index (χ0n) is 8.72. The average molecular weight is 235 g/mol. The Labute approximate surface area is 91.3 Å². The number of alkyl halides is 1. The van der Waals surface area contributed by atoms with Gasteiger partial charge in [0.15, 0.2) is 13.0 Å². The van der Waals surface area contributed by atoms with Crippen LogP contribution in [0.2, 0.25) is 0 Å². The second-order valence-electron chi connectivity index (χ2n) is 4.27. The molecular weight excluding hydrogens is 221 g/mol. The molecule has 2 saturated heterocycles. The first kappa shape index (κ1) is 11.7. The minimum atomic E-state index is -1.23. The van der Waals surface area contributed by atoms with Gasteiger partial charge in [0.1, 0.15) is 23.9 Å². The lowest BCUT2D eigenvalue weighted by atomic mass is 9.89. The van der Waals surface area contributed by atoms with E-state index in [-0.39, 0.29) is 6.61 Å². The second kappa shape index (κ2) is 3.92. The number of carbonyl (C=O) groups is 1. The van der Waals surface area contributed by atoms with Gasteiger partial charge in [-0.1, -0.05) is 0 Å². The van der Waals surface area contributed by atoms with E-state index in [1.165, 1.54) is 0 Å². The lowest BCUT2D eigenvalue weighted by Crippen LogP contribution is -2.64. The van der Waals surface area contributed by atoms with Gasteiger partial charge >= 0.3 is 0 Å². The van der Waals surface area contributed by atoms with E-state index in [0.717, 1.165) is 0 Å². The maximum atomic E-state index is 12.0. The fraction of sp³-hybridized carbons (Fsp3) is 0.889. The highest BCUT2D eigenvalue weighted by molar-refractivity contribution is 5.77. The average Bonchev–Trinajstić information content (AvgIpc) is 2.63. The van der Waals surface area contributed by atoms with Crippen molar-refractivity contribution in [1.29, 1.82) is 0 Å². The maximum absolute atomic E-state index is 12.0. The van der Waals surface area contributed by atoms with Crippen molar-refractivity contribution >= 4 is 5.91 Å². The van der Waals surface area contributed by atoms with Crippen molar-refractivity contribution in [2.24, 2.45) is 0 Å². The van der Waals surface area contributed by atoms with Crippen molar-refractivity contribution in [3.8, 4) is 0 Å². The van der Waals surface area contributed by atoms with Crippen molar-refractivity contribution in [3.05, 3.63) is 0 Å². The number of ether oxygens (including phenoxy) is 2. The number of carbonyl (C=O) groups excluding carboxylic acids is 1. The highest BCUT2D eigenvalue weighted by atomic mass is 19.1. The summed E-state index contributed by atoms with van der Waals surface area (Å²) < 4.78 is 22.6. The Bertz CT molecular complexity index is 302. The minimum Gasteiger partial charge on any atom is -0.388 e. The quantitative estimate of drug-likeness (QED) is 0.531. The zero-order chi connectivity index (χ0) is 11.9. The standard InChI is InChI=1S/C9H14FNO5/c1-9-3-15-8(16-9)5(6(13)7(9)14)11-4(12)2-10/h5-8,13-14H,2-3H2,1H3,(H,11,12)/t5-,6+,7+,8-,9-/m0/s1. The van der Waals surface area contributed by atoms with Crippen LogP contribution >= 0.6 is 0 Å². The van der Waals surface area contributed by atoms with Crippen molar-refractivity contribution < 1.29 is 28.9 Å². The number of amides is 1. The summed E-state index contributed by atoms with van der Waals surface area (Å²) in [6.07, 6.45) is -3.27. The Morgan fingerprint density at radius 2 is 2.31 bits per heavy atom. The summed E-state index contributed by atoms with van der Waals surface area (Å²) in [5, 5.41) is 21.8. The SMILES string of the molecule is C[C@@]12CO[C@@H](O1)[C@@H](NC(=O)CF)[C@@H](O)[C@H]2O. The molecule has 0 spiro atoms. The highest BCUT2D eigenvalue weighted by Crippen LogP contribution is 2.36. The number of rotatable bonds is 2. The molecule has 3 N–H and O–H groups in total.